The van der Waals surface area contributed by atoms with E-state index in [1.54, 1.807) is 11.9 Å². The van der Waals surface area contributed by atoms with Crippen LogP contribution in [0.4, 0.5) is 0 Å². The van der Waals surface area contributed by atoms with Gasteiger partial charge in [0, 0.05) is 20.1 Å². The lowest BCUT2D eigenvalue weighted by molar-refractivity contribution is -0.137. The van der Waals surface area contributed by atoms with Crippen LogP contribution in [0, 0.1) is 0 Å². The highest BCUT2D eigenvalue weighted by atomic mass is 35.5. The van der Waals surface area contributed by atoms with Crippen molar-refractivity contribution < 1.29 is 9.59 Å². The number of amides is 2. The van der Waals surface area contributed by atoms with Gasteiger partial charge in [-0.05, 0) is 13.8 Å². The van der Waals surface area contributed by atoms with Crippen LogP contribution in [0.5, 0.6) is 0 Å². The molecule has 4 nitrogen and oxygen atoms in total. The highest BCUT2D eigenvalue weighted by molar-refractivity contribution is 6.27. The molecular formula is C9H17ClN2O2. The molecule has 0 aliphatic rings. The van der Waals surface area contributed by atoms with Crippen molar-refractivity contribution in [2.45, 2.75) is 13.8 Å². The molecule has 0 spiro atoms. The Morgan fingerprint density at radius 1 is 1.14 bits per heavy atom. The van der Waals surface area contributed by atoms with Gasteiger partial charge in [-0.1, -0.05) is 0 Å². The van der Waals surface area contributed by atoms with E-state index in [0.29, 0.717) is 13.1 Å². The molecule has 0 aliphatic heterocycles. The van der Waals surface area contributed by atoms with E-state index in [-0.39, 0.29) is 24.2 Å². The number of halogens is 1. The van der Waals surface area contributed by atoms with Crippen molar-refractivity contribution >= 4 is 23.4 Å². The third-order valence-electron chi connectivity index (χ3n) is 2.03. The summed E-state index contributed by atoms with van der Waals surface area (Å²) in [5, 5.41) is 0. The van der Waals surface area contributed by atoms with Crippen molar-refractivity contribution in [1.82, 2.24) is 9.80 Å². The van der Waals surface area contributed by atoms with Gasteiger partial charge in [0.25, 0.3) is 0 Å². The van der Waals surface area contributed by atoms with E-state index in [9.17, 15) is 9.59 Å². The Bertz CT molecular complexity index is 205. The summed E-state index contributed by atoms with van der Waals surface area (Å²) in [5.74, 6) is -0.356. The van der Waals surface area contributed by atoms with Crippen LogP contribution in [0.3, 0.4) is 0 Å². The molecule has 5 heteroatoms. The molecule has 0 N–H and O–H groups in total. The highest BCUT2D eigenvalue weighted by Crippen LogP contribution is 1.93. The maximum absolute atomic E-state index is 11.5. The molecule has 0 aliphatic carbocycles. The normalized spacial score (nSPS) is 9.71. The maximum Gasteiger partial charge on any atom is 0.242 e. The summed E-state index contributed by atoms with van der Waals surface area (Å²) in [6, 6.07) is 0. The van der Waals surface area contributed by atoms with Crippen LogP contribution in [-0.4, -0.2) is 54.2 Å². The molecule has 0 aromatic heterocycles. The standard InChI is InChI=1S/C9H17ClN2O2/c1-4-12(5-2)9(14)7-11(3)8(13)6-10/h4-7H2,1-3H3. The molecule has 14 heavy (non-hydrogen) atoms. The zero-order chi connectivity index (χ0) is 11.1. The Morgan fingerprint density at radius 2 is 1.64 bits per heavy atom. The van der Waals surface area contributed by atoms with E-state index < -0.39 is 0 Å². The zero-order valence-corrected chi connectivity index (χ0v) is 9.67. The summed E-state index contributed by atoms with van der Waals surface area (Å²) in [6.07, 6.45) is 0. The lowest BCUT2D eigenvalue weighted by Gasteiger charge is -2.22. The fourth-order valence-corrected chi connectivity index (χ4v) is 1.27. The van der Waals surface area contributed by atoms with Crippen LogP contribution < -0.4 is 0 Å². The van der Waals surface area contributed by atoms with Gasteiger partial charge in [-0.2, -0.15) is 0 Å². The summed E-state index contributed by atoms with van der Waals surface area (Å²) in [6.45, 7) is 5.25. The smallest absolute Gasteiger partial charge is 0.242 e. The average molecular weight is 221 g/mol. The first-order valence-electron chi connectivity index (χ1n) is 4.64. The predicted octanol–water partition coefficient (Wildman–Crippen LogP) is 0.552. The van der Waals surface area contributed by atoms with E-state index >= 15 is 0 Å². The number of carbonyl (C=O) groups is 2. The number of alkyl halides is 1. The van der Waals surface area contributed by atoms with Gasteiger partial charge in [-0.25, -0.2) is 0 Å². The molecule has 0 atom stereocenters. The first-order valence-corrected chi connectivity index (χ1v) is 5.17. The van der Waals surface area contributed by atoms with Crippen LogP contribution >= 0.6 is 11.6 Å². The monoisotopic (exact) mass is 220 g/mol. The largest absolute Gasteiger partial charge is 0.342 e. The van der Waals surface area contributed by atoms with Gasteiger partial charge in [-0.15, -0.1) is 11.6 Å². The number of nitrogens with zero attached hydrogens (tertiary/aromatic N) is 2. The van der Waals surface area contributed by atoms with Gasteiger partial charge < -0.3 is 9.80 Å². The second-order valence-corrected chi connectivity index (χ2v) is 3.22. The molecule has 0 saturated heterocycles. The first kappa shape index (κ1) is 13.2. The van der Waals surface area contributed by atoms with Gasteiger partial charge in [0.05, 0.1) is 6.54 Å². The van der Waals surface area contributed by atoms with Crippen LogP contribution in [0.1, 0.15) is 13.8 Å². The molecule has 0 rings (SSSR count). The van der Waals surface area contributed by atoms with E-state index in [4.69, 9.17) is 11.6 Å². The average Bonchev–Trinajstić information content (AvgIpc) is 2.18. The second-order valence-electron chi connectivity index (χ2n) is 2.95. The van der Waals surface area contributed by atoms with Gasteiger partial charge in [0.2, 0.25) is 11.8 Å². The minimum Gasteiger partial charge on any atom is -0.342 e. The van der Waals surface area contributed by atoms with Crippen molar-refractivity contribution in [3.8, 4) is 0 Å². The van der Waals surface area contributed by atoms with Gasteiger partial charge in [0.1, 0.15) is 5.88 Å². The number of rotatable bonds is 5. The van der Waals surface area contributed by atoms with Gasteiger partial charge in [0.15, 0.2) is 0 Å². The van der Waals surface area contributed by atoms with Crippen molar-refractivity contribution in [2.75, 3.05) is 32.6 Å². The SMILES string of the molecule is CCN(CC)C(=O)CN(C)C(=O)CCl. The second kappa shape index (κ2) is 6.65. The fourth-order valence-electron chi connectivity index (χ4n) is 1.07. The Kier molecular flexibility index (Phi) is 6.28. The van der Waals surface area contributed by atoms with Gasteiger partial charge in [-0.3, -0.25) is 9.59 Å². The minimum atomic E-state index is -0.229. The van der Waals surface area contributed by atoms with Crippen LogP contribution in [0.25, 0.3) is 0 Å². The molecule has 0 aromatic carbocycles. The highest BCUT2D eigenvalue weighted by Gasteiger charge is 2.15. The molecule has 2 amide bonds. The van der Waals surface area contributed by atoms with Crippen molar-refractivity contribution in [2.24, 2.45) is 0 Å². The summed E-state index contributed by atoms with van der Waals surface area (Å²) >= 11 is 5.36. The summed E-state index contributed by atoms with van der Waals surface area (Å²) in [7, 11) is 1.58. The number of hydrogen-bond acceptors (Lipinski definition) is 2. The Balaban J connectivity index is 4.10. The molecular weight excluding hydrogens is 204 g/mol. The van der Waals surface area contributed by atoms with Crippen LogP contribution in [-0.2, 0) is 9.59 Å². The summed E-state index contributed by atoms with van der Waals surface area (Å²) in [4.78, 5) is 25.6. The third-order valence-corrected chi connectivity index (χ3v) is 2.26. The van der Waals surface area contributed by atoms with E-state index in [1.807, 2.05) is 13.8 Å². The number of likely N-dealkylation sites (N-methyl/N-ethyl adjacent to an activating group) is 2. The van der Waals surface area contributed by atoms with Crippen LogP contribution in [0.2, 0.25) is 0 Å². The Hall–Kier alpha value is -0.770. The van der Waals surface area contributed by atoms with Gasteiger partial charge >= 0.3 is 0 Å². The summed E-state index contributed by atoms with van der Waals surface area (Å²) in [5.41, 5.74) is 0. The lowest BCUT2D eigenvalue weighted by atomic mass is 10.4. The molecule has 0 unspecified atom stereocenters. The zero-order valence-electron chi connectivity index (χ0n) is 8.92. The minimum absolute atomic E-state index is 0.0454. The molecule has 0 radical (unpaired) electrons. The molecule has 0 heterocycles. The van der Waals surface area contributed by atoms with Crippen molar-refractivity contribution in [3.05, 3.63) is 0 Å². The van der Waals surface area contributed by atoms with Crippen molar-refractivity contribution in [3.63, 3.8) is 0 Å². The Morgan fingerprint density at radius 3 is 2.00 bits per heavy atom. The van der Waals surface area contributed by atoms with E-state index in [1.165, 1.54) is 4.90 Å². The molecule has 0 bridgehead atoms. The van der Waals surface area contributed by atoms with Crippen molar-refractivity contribution in [1.29, 1.82) is 0 Å². The predicted molar refractivity (Wildman–Crippen MR) is 56.3 cm³/mol. The third kappa shape index (κ3) is 3.96. The first-order chi connectivity index (χ1) is 6.56. The maximum atomic E-state index is 11.5. The molecule has 0 aromatic rings. The molecule has 0 fully saturated rings. The molecule has 0 saturated carbocycles. The lowest BCUT2D eigenvalue weighted by Crippen LogP contribution is -2.41. The topological polar surface area (TPSA) is 40.6 Å². The number of carbonyl (C=O) groups excluding carboxylic acids is 2. The molecule has 82 valence electrons. The fraction of sp³-hybridized carbons (Fsp3) is 0.778. The van der Waals surface area contributed by atoms with Crippen LogP contribution in [0.15, 0.2) is 0 Å². The van der Waals surface area contributed by atoms with E-state index in [2.05, 4.69) is 0 Å². The van der Waals surface area contributed by atoms with E-state index in [0.717, 1.165) is 0 Å². The quantitative estimate of drug-likeness (QED) is 0.635. The number of hydrogen-bond donors (Lipinski definition) is 0. The summed E-state index contributed by atoms with van der Waals surface area (Å²) < 4.78 is 0. The Labute approximate surface area is 89.8 Å².